The average Bonchev–Trinajstić information content (AvgIpc) is 1.95. The summed E-state index contributed by atoms with van der Waals surface area (Å²) in [6.45, 7) is 0.0240. The highest BCUT2D eigenvalue weighted by atomic mass is 16.5. The van der Waals surface area contributed by atoms with Crippen molar-refractivity contribution in [1.29, 1.82) is 0 Å². The van der Waals surface area contributed by atoms with Crippen LogP contribution in [0.2, 0.25) is 0 Å². The number of hydrogen-bond acceptors (Lipinski definition) is 4. The monoisotopic (exact) mass is 148 g/mol. The minimum absolute atomic E-state index is 0.0935. The summed E-state index contributed by atoms with van der Waals surface area (Å²) in [6.07, 6.45) is -1.52. The van der Waals surface area contributed by atoms with E-state index < -0.39 is 12.2 Å². The molecule has 0 aromatic carbocycles. The van der Waals surface area contributed by atoms with Gasteiger partial charge in [-0.2, -0.15) is 0 Å². The van der Waals surface area contributed by atoms with Crippen LogP contribution in [0.25, 0.3) is 0 Å². The van der Waals surface area contributed by atoms with Gasteiger partial charge in [-0.05, 0) is 0 Å². The van der Waals surface area contributed by atoms with Crippen molar-refractivity contribution in [3.05, 3.63) is 0 Å². The summed E-state index contributed by atoms with van der Waals surface area (Å²) in [5.41, 5.74) is 0. The summed E-state index contributed by atoms with van der Waals surface area (Å²) in [4.78, 5) is 0. The molecule has 0 saturated carbocycles. The van der Waals surface area contributed by atoms with Crippen LogP contribution in [-0.4, -0.2) is 46.8 Å². The fourth-order valence-corrected chi connectivity index (χ4v) is 0.967. The van der Waals surface area contributed by atoms with Crippen molar-refractivity contribution in [1.82, 2.24) is 0 Å². The highest BCUT2D eigenvalue weighted by Crippen LogP contribution is 2.13. The van der Waals surface area contributed by atoms with Gasteiger partial charge < -0.3 is 20.1 Å². The first-order chi connectivity index (χ1) is 4.74. The molecule has 4 nitrogen and oxygen atoms in total. The first kappa shape index (κ1) is 7.94. The zero-order valence-electron chi connectivity index (χ0n) is 5.60. The number of rotatable bonds is 1. The smallest absolute Gasteiger partial charge is 0.103 e. The molecule has 0 spiro atoms. The SMILES string of the molecule is OC[C@H]1C[C@@H](O)[C@@H](O)CO1. The lowest BCUT2D eigenvalue weighted by Gasteiger charge is -2.29. The highest BCUT2D eigenvalue weighted by Gasteiger charge is 2.27. The van der Waals surface area contributed by atoms with Gasteiger partial charge in [0.25, 0.3) is 0 Å². The maximum absolute atomic E-state index is 9.04. The third-order valence-corrected chi connectivity index (χ3v) is 1.65. The summed E-state index contributed by atoms with van der Waals surface area (Å²) in [7, 11) is 0. The molecule has 60 valence electrons. The van der Waals surface area contributed by atoms with Crippen LogP contribution >= 0.6 is 0 Å². The van der Waals surface area contributed by atoms with E-state index in [1.807, 2.05) is 0 Å². The molecule has 1 saturated heterocycles. The van der Waals surface area contributed by atoms with Crippen molar-refractivity contribution >= 4 is 0 Å². The lowest BCUT2D eigenvalue weighted by Crippen LogP contribution is -2.42. The number of aliphatic hydroxyl groups excluding tert-OH is 3. The maximum atomic E-state index is 9.04. The molecule has 1 aliphatic heterocycles. The van der Waals surface area contributed by atoms with Crippen molar-refractivity contribution in [2.24, 2.45) is 0 Å². The van der Waals surface area contributed by atoms with E-state index in [-0.39, 0.29) is 19.3 Å². The molecule has 1 fully saturated rings. The summed E-state index contributed by atoms with van der Waals surface area (Å²) >= 11 is 0. The molecule has 0 aliphatic carbocycles. The average molecular weight is 148 g/mol. The summed E-state index contributed by atoms with van der Waals surface area (Å²) in [5, 5.41) is 26.5. The predicted octanol–water partition coefficient (Wildman–Crippen LogP) is -1.51. The van der Waals surface area contributed by atoms with Crippen molar-refractivity contribution in [3.63, 3.8) is 0 Å². The Bertz CT molecular complexity index is 106. The van der Waals surface area contributed by atoms with Gasteiger partial charge in [0.05, 0.1) is 25.4 Å². The van der Waals surface area contributed by atoms with E-state index >= 15 is 0 Å². The molecule has 1 aliphatic rings. The second-order valence-corrected chi connectivity index (χ2v) is 2.51. The van der Waals surface area contributed by atoms with Gasteiger partial charge >= 0.3 is 0 Å². The quantitative estimate of drug-likeness (QED) is 0.423. The third kappa shape index (κ3) is 1.67. The van der Waals surface area contributed by atoms with Crippen LogP contribution in [-0.2, 0) is 4.74 Å². The van der Waals surface area contributed by atoms with Crippen LogP contribution in [0.5, 0.6) is 0 Å². The molecular formula is C6H12O4. The van der Waals surface area contributed by atoms with E-state index in [4.69, 9.17) is 20.1 Å². The Kier molecular flexibility index (Phi) is 2.62. The van der Waals surface area contributed by atoms with Crippen LogP contribution in [0.15, 0.2) is 0 Å². The Hall–Kier alpha value is -0.160. The van der Waals surface area contributed by atoms with Crippen LogP contribution < -0.4 is 0 Å². The van der Waals surface area contributed by atoms with E-state index in [9.17, 15) is 0 Å². The fourth-order valence-electron chi connectivity index (χ4n) is 0.967. The van der Waals surface area contributed by atoms with Crippen LogP contribution in [0.1, 0.15) is 6.42 Å². The van der Waals surface area contributed by atoms with Crippen LogP contribution in [0.4, 0.5) is 0 Å². The molecule has 0 radical (unpaired) electrons. The largest absolute Gasteiger partial charge is 0.394 e. The third-order valence-electron chi connectivity index (χ3n) is 1.65. The van der Waals surface area contributed by atoms with Gasteiger partial charge in [-0.3, -0.25) is 0 Å². The first-order valence-corrected chi connectivity index (χ1v) is 3.32. The Balaban J connectivity index is 2.33. The second kappa shape index (κ2) is 3.30. The van der Waals surface area contributed by atoms with E-state index in [0.29, 0.717) is 6.42 Å². The number of aliphatic hydroxyl groups is 3. The molecule has 0 unspecified atom stereocenters. The van der Waals surface area contributed by atoms with E-state index in [0.717, 1.165) is 0 Å². The van der Waals surface area contributed by atoms with Gasteiger partial charge in [0.15, 0.2) is 0 Å². The highest BCUT2D eigenvalue weighted by molar-refractivity contribution is 4.76. The summed E-state index contributed by atoms with van der Waals surface area (Å²) < 4.78 is 4.95. The van der Waals surface area contributed by atoms with Crippen LogP contribution in [0.3, 0.4) is 0 Å². The Morgan fingerprint density at radius 1 is 1.30 bits per heavy atom. The van der Waals surface area contributed by atoms with Gasteiger partial charge in [-0.25, -0.2) is 0 Å². The molecule has 0 aromatic rings. The summed E-state index contributed by atoms with van der Waals surface area (Å²) in [5.74, 6) is 0. The van der Waals surface area contributed by atoms with Gasteiger partial charge in [0.1, 0.15) is 6.10 Å². The lowest BCUT2D eigenvalue weighted by atomic mass is 10.0. The van der Waals surface area contributed by atoms with E-state index in [1.54, 1.807) is 0 Å². The second-order valence-electron chi connectivity index (χ2n) is 2.51. The zero-order valence-corrected chi connectivity index (χ0v) is 5.60. The standard InChI is InChI=1S/C6H12O4/c7-2-4-1-5(8)6(9)3-10-4/h4-9H,1-3H2/t4-,5-,6+/m1/s1. The van der Waals surface area contributed by atoms with E-state index in [2.05, 4.69) is 0 Å². The minimum atomic E-state index is -0.789. The lowest BCUT2D eigenvalue weighted by molar-refractivity contribution is -0.131. The first-order valence-electron chi connectivity index (χ1n) is 3.32. The molecule has 0 amide bonds. The molecule has 10 heavy (non-hydrogen) atoms. The topological polar surface area (TPSA) is 69.9 Å². The number of ether oxygens (including phenoxy) is 1. The van der Waals surface area contributed by atoms with Crippen LogP contribution in [0, 0.1) is 0 Å². The molecule has 3 N–H and O–H groups in total. The normalized spacial score (nSPS) is 41.7. The molecule has 1 rings (SSSR count). The van der Waals surface area contributed by atoms with Gasteiger partial charge in [0, 0.05) is 6.42 Å². The molecule has 1 heterocycles. The van der Waals surface area contributed by atoms with Crippen molar-refractivity contribution in [3.8, 4) is 0 Å². The zero-order chi connectivity index (χ0) is 7.56. The van der Waals surface area contributed by atoms with Gasteiger partial charge in [-0.15, -0.1) is 0 Å². The Morgan fingerprint density at radius 3 is 2.50 bits per heavy atom. The fraction of sp³-hybridized carbons (Fsp3) is 1.00. The molecule has 3 atom stereocenters. The molecule has 0 aromatic heterocycles. The van der Waals surface area contributed by atoms with Crippen molar-refractivity contribution in [2.75, 3.05) is 13.2 Å². The van der Waals surface area contributed by atoms with Gasteiger partial charge in [0.2, 0.25) is 0 Å². The molecule has 4 heteroatoms. The maximum Gasteiger partial charge on any atom is 0.103 e. The van der Waals surface area contributed by atoms with Gasteiger partial charge in [-0.1, -0.05) is 0 Å². The summed E-state index contributed by atoms with van der Waals surface area (Å²) in [6, 6.07) is 0. The predicted molar refractivity (Wildman–Crippen MR) is 33.5 cm³/mol. The Morgan fingerprint density at radius 2 is 2.00 bits per heavy atom. The van der Waals surface area contributed by atoms with Crippen molar-refractivity contribution < 1.29 is 20.1 Å². The van der Waals surface area contributed by atoms with E-state index in [1.165, 1.54) is 0 Å². The number of hydrogen-bond donors (Lipinski definition) is 3. The minimum Gasteiger partial charge on any atom is -0.394 e. The van der Waals surface area contributed by atoms with Crippen molar-refractivity contribution in [2.45, 2.75) is 24.7 Å². The molecular weight excluding hydrogens is 136 g/mol. The Labute approximate surface area is 59.1 Å². The molecule has 0 bridgehead atoms.